The highest BCUT2D eigenvalue weighted by atomic mass is 32.1. The first-order chi connectivity index (χ1) is 22.0. The standard InChI is InChI=1S/C31H70N8S.3C2H6/c1-10-15-36(18-13-33-7)22-20-35(9)21-23-38(19-14-34-8)25-24-37(16-11-2)26-27-39(17-12-32)30(4)31(5,6)28-29(3)40;3*1-2/h29,33-34,40H,4,10-28,32H2,1-3,5-9H3;3*1-2H3. The van der Waals surface area contributed by atoms with E-state index < -0.39 is 0 Å². The number of rotatable bonds is 28. The minimum Gasteiger partial charge on any atom is -0.372 e. The van der Waals surface area contributed by atoms with Crippen LogP contribution in [0.15, 0.2) is 12.3 Å². The lowest BCUT2D eigenvalue weighted by molar-refractivity contribution is 0.163. The Labute approximate surface area is 297 Å². The van der Waals surface area contributed by atoms with E-state index in [9.17, 15) is 0 Å². The SMILES string of the molecule is C=C(N(CCN)CCN(CCC)CCN(CCNC)CCN(C)CCN(CCC)CCNC)C(C)(C)CC(C)S.CC.CC.CC. The van der Waals surface area contributed by atoms with E-state index in [1.807, 2.05) is 48.6 Å². The summed E-state index contributed by atoms with van der Waals surface area (Å²) in [6.45, 7) is 44.6. The zero-order chi connectivity index (χ0) is 36.4. The van der Waals surface area contributed by atoms with Gasteiger partial charge in [-0.3, -0.25) is 4.90 Å². The van der Waals surface area contributed by atoms with Crippen LogP contribution < -0.4 is 16.4 Å². The third-order valence-electron chi connectivity index (χ3n) is 7.82. The monoisotopic (exact) mass is 677 g/mol. The minimum atomic E-state index is 0.0162. The maximum absolute atomic E-state index is 6.02. The van der Waals surface area contributed by atoms with Crippen molar-refractivity contribution in [2.75, 3.05) is 126 Å². The Kier molecular flexibility index (Phi) is 42.7. The molecule has 9 heteroatoms. The maximum atomic E-state index is 6.02. The van der Waals surface area contributed by atoms with Gasteiger partial charge < -0.3 is 36.0 Å². The highest BCUT2D eigenvalue weighted by Crippen LogP contribution is 2.33. The summed E-state index contributed by atoms with van der Waals surface area (Å²) in [6, 6.07) is 0. The smallest absolute Gasteiger partial charge is 0.0303 e. The highest BCUT2D eigenvalue weighted by Gasteiger charge is 2.27. The van der Waals surface area contributed by atoms with Gasteiger partial charge in [-0.1, -0.05) is 82.7 Å². The van der Waals surface area contributed by atoms with E-state index in [-0.39, 0.29) is 5.41 Å². The van der Waals surface area contributed by atoms with Crippen molar-refractivity contribution in [2.45, 2.75) is 101 Å². The van der Waals surface area contributed by atoms with Crippen LogP contribution in [0.2, 0.25) is 0 Å². The van der Waals surface area contributed by atoms with E-state index in [0.717, 1.165) is 98.0 Å². The summed E-state index contributed by atoms with van der Waals surface area (Å²) in [4.78, 5) is 12.8. The van der Waals surface area contributed by atoms with Crippen molar-refractivity contribution >= 4 is 12.6 Å². The van der Waals surface area contributed by atoms with Gasteiger partial charge in [-0.15, -0.1) is 0 Å². The third kappa shape index (κ3) is 29.7. The largest absolute Gasteiger partial charge is 0.372 e. The number of nitrogens with two attached hydrogens (primary N) is 1. The first-order valence-corrected chi connectivity index (χ1v) is 19.5. The van der Waals surface area contributed by atoms with Crippen LogP contribution in [-0.2, 0) is 0 Å². The van der Waals surface area contributed by atoms with E-state index in [1.165, 1.54) is 25.1 Å². The number of likely N-dealkylation sites (N-methyl/N-ethyl adjacent to an activating group) is 3. The van der Waals surface area contributed by atoms with E-state index in [2.05, 4.69) is 103 Å². The molecule has 0 aliphatic rings. The Hall–Kier alpha value is -0.390. The second-order valence-electron chi connectivity index (χ2n) is 12.2. The normalized spacial score (nSPS) is 11.9. The molecule has 0 aliphatic carbocycles. The molecule has 8 nitrogen and oxygen atoms in total. The molecule has 4 N–H and O–H groups in total. The van der Waals surface area contributed by atoms with Crippen LogP contribution in [0.4, 0.5) is 0 Å². The summed E-state index contributed by atoms with van der Waals surface area (Å²) in [5.41, 5.74) is 7.23. The van der Waals surface area contributed by atoms with Gasteiger partial charge in [0.1, 0.15) is 0 Å². The van der Waals surface area contributed by atoms with Crippen molar-refractivity contribution in [3.05, 3.63) is 12.3 Å². The van der Waals surface area contributed by atoms with Crippen molar-refractivity contribution in [2.24, 2.45) is 11.1 Å². The van der Waals surface area contributed by atoms with E-state index in [0.29, 0.717) is 11.8 Å². The van der Waals surface area contributed by atoms with Crippen molar-refractivity contribution < 1.29 is 0 Å². The summed E-state index contributed by atoms with van der Waals surface area (Å²) < 4.78 is 0. The van der Waals surface area contributed by atoms with Crippen LogP contribution in [-0.4, -0.2) is 156 Å². The lowest BCUT2D eigenvalue weighted by atomic mass is 9.84. The van der Waals surface area contributed by atoms with Crippen LogP contribution in [0.5, 0.6) is 0 Å². The van der Waals surface area contributed by atoms with Gasteiger partial charge in [0, 0.05) is 103 Å². The second-order valence-corrected chi connectivity index (χ2v) is 13.1. The van der Waals surface area contributed by atoms with Crippen molar-refractivity contribution in [3.8, 4) is 0 Å². The number of allylic oxidation sites excluding steroid dienone is 1. The topological polar surface area (TPSA) is 66.3 Å². The van der Waals surface area contributed by atoms with Gasteiger partial charge in [0.05, 0.1) is 0 Å². The Morgan fingerprint density at radius 2 is 1.04 bits per heavy atom. The molecule has 0 fully saturated rings. The fourth-order valence-electron chi connectivity index (χ4n) is 5.28. The van der Waals surface area contributed by atoms with Crippen molar-refractivity contribution in [1.29, 1.82) is 0 Å². The molecule has 0 radical (unpaired) electrons. The van der Waals surface area contributed by atoms with Gasteiger partial charge in [-0.05, 0) is 58.7 Å². The fraction of sp³-hybridized carbons (Fsp3) is 0.946. The third-order valence-corrected chi connectivity index (χ3v) is 8.00. The van der Waals surface area contributed by atoms with Gasteiger partial charge in [-0.25, -0.2) is 0 Å². The lowest BCUT2D eigenvalue weighted by Gasteiger charge is -2.39. The van der Waals surface area contributed by atoms with Crippen molar-refractivity contribution in [1.82, 2.24) is 35.1 Å². The highest BCUT2D eigenvalue weighted by molar-refractivity contribution is 7.80. The molecule has 0 aliphatic heterocycles. The molecule has 46 heavy (non-hydrogen) atoms. The summed E-state index contributed by atoms with van der Waals surface area (Å²) in [6.07, 6.45) is 3.39. The summed E-state index contributed by atoms with van der Waals surface area (Å²) in [5, 5.41) is 6.99. The predicted molar refractivity (Wildman–Crippen MR) is 216 cm³/mol. The first kappa shape index (κ1) is 52.4. The molecule has 0 aromatic heterocycles. The molecule has 0 bridgehead atoms. The molecular weight excluding hydrogens is 589 g/mol. The molecule has 1 atom stereocenters. The van der Waals surface area contributed by atoms with Crippen LogP contribution in [0.1, 0.15) is 95.4 Å². The molecule has 0 spiro atoms. The van der Waals surface area contributed by atoms with Gasteiger partial charge in [0.2, 0.25) is 0 Å². The summed E-state index contributed by atoms with van der Waals surface area (Å²) in [5.74, 6) is 0. The second kappa shape index (κ2) is 37.4. The van der Waals surface area contributed by atoms with Crippen LogP contribution in [0, 0.1) is 5.41 Å². The lowest BCUT2D eigenvalue weighted by Crippen LogP contribution is -2.45. The molecule has 1 unspecified atom stereocenters. The summed E-state index contributed by atoms with van der Waals surface area (Å²) in [7, 11) is 6.36. The molecule has 0 aromatic carbocycles. The predicted octanol–water partition coefficient (Wildman–Crippen LogP) is 5.67. The van der Waals surface area contributed by atoms with Crippen LogP contribution >= 0.6 is 12.6 Å². The Morgan fingerprint density at radius 3 is 1.41 bits per heavy atom. The molecular formula is C37H88N8S. The summed E-state index contributed by atoms with van der Waals surface area (Å²) >= 11 is 4.65. The van der Waals surface area contributed by atoms with Gasteiger partial charge in [0.15, 0.2) is 0 Å². The van der Waals surface area contributed by atoms with E-state index >= 15 is 0 Å². The average Bonchev–Trinajstić information content (AvgIpc) is 3.05. The van der Waals surface area contributed by atoms with E-state index in [4.69, 9.17) is 5.73 Å². The zero-order valence-corrected chi connectivity index (χ0v) is 34.9. The Balaban J connectivity index is -0.00000138. The Bertz CT molecular complexity index is 606. The number of hydrogen-bond donors (Lipinski definition) is 4. The van der Waals surface area contributed by atoms with E-state index in [1.54, 1.807) is 0 Å². The molecule has 0 amide bonds. The zero-order valence-electron chi connectivity index (χ0n) is 34.0. The number of hydrogen-bond acceptors (Lipinski definition) is 9. The quantitative estimate of drug-likeness (QED) is 0.0792. The molecule has 0 heterocycles. The number of nitrogens with zero attached hydrogens (tertiary/aromatic N) is 5. The number of nitrogens with one attached hydrogen (secondary N) is 2. The molecule has 0 aromatic rings. The van der Waals surface area contributed by atoms with Gasteiger partial charge >= 0.3 is 0 Å². The molecule has 0 saturated carbocycles. The molecule has 282 valence electrons. The van der Waals surface area contributed by atoms with Gasteiger partial charge in [-0.2, -0.15) is 12.6 Å². The molecule has 0 rings (SSSR count). The Morgan fingerprint density at radius 1 is 0.674 bits per heavy atom. The van der Waals surface area contributed by atoms with Crippen LogP contribution in [0.25, 0.3) is 0 Å². The van der Waals surface area contributed by atoms with Crippen molar-refractivity contribution in [3.63, 3.8) is 0 Å². The number of thiol groups is 1. The average molecular weight is 677 g/mol. The molecule has 0 saturated heterocycles. The minimum absolute atomic E-state index is 0.0162. The first-order valence-electron chi connectivity index (χ1n) is 19.0. The maximum Gasteiger partial charge on any atom is 0.0303 e. The van der Waals surface area contributed by atoms with Crippen LogP contribution in [0.3, 0.4) is 0 Å². The fourth-order valence-corrected chi connectivity index (χ4v) is 5.74. The van der Waals surface area contributed by atoms with Gasteiger partial charge in [0.25, 0.3) is 0 Å².